The van der Waals surface area contributed by atoms with E-state index in [1.54, 1.807) is 25.4 Å². The highest BCUT2D eigenvalue weighted by Gasteiger charge is 2.28. The van der Waals surface area contributed by atoms with Crippen molar-refractivity contribution in [3.63, 3.8) is 0 Å². The normalized spacial score (nSPS) is 16.5. The van der Waals surface area contributed by atoms with Crippen molar-refractivity contribution in [1.82, 2.24) is 20.2 Å². The second kappa shape index (κ2) is 19.1. The summed E-state index contributed by atoms with van der Waals surface area (Å²) in [7, 11) is 1.55. The van der Waals surface area contributed by atoms with Crippen molar-refractivity contribution in [2.24, 2.45) is 11.8 Å². The number of methoxy groups -OCH3 is 2. The van der Waals surface area contributed by atoms with E-state index in [2.05, 4.69) is 65.3 Å². The fraction of sp³-hybridized carbons (Fsp3) is 0.447. The molecule has 1 atom stereocenters. The molecule has 1 aromatic heterocycles. The molecular formula is C47H61N7O6S. The molecule has 1 unspecified atom stereocenters. The van der Waals surface area contributed by atoms with Crippen molar-refractivity contribution in [2.45, 2.75) is 78.6 Å². The summed E-state index contributed by atoms with van der Waals surface area (Å²) in [4.78, 5) is 39.0. The van der Waals surface area contributed by atoms with E-state index in [0.717, 1.165) is 77.5 Å². The highest BCUT2D eigenvalue weighted by atomic mass is 32.2. The number of fused-ring (bicyclic) bond motifs is 1. The number of aryl methyl sites for hydroxylation is 1. The number of carbonyl (C=O) groups is 2. The number of anilines is 3. The summed E-state index contributed by atoms with van der Waals surface area (Å²) >= 11 is 0. The van der Waals surface area contributed by atoms with E-state index in [9.17, 15) is 18.0 Å². The van der Waals surface area contributed by atoms with E-state index in [-0.39, 0.29) is 34.6 Å². The summed E-state index contributed by atoms with van der Waals surface area (Å²) in [5, 5.41) is 10.3. The van der Waals surface area contributed by atoms with Crippen LogP contribution in [0.3, 0.4) is 0 Å². The molecule has 14 heteroatoms. The van der Waals surface area contributed by atoms with Crippen LogP contribution in [0.15, 0.2) is 77.8 Å². The Morgan fingerprint density at radius 3 is 2.41 bits per heavy atom. The van der Waals surface area contributed by atoms with Crippen molar-refractivity contribution in [3.8, 4) is 16.9 Å². The highest BCUT2D eigenvalue weighted by molar-refractivity contribution is 7.92. The smallest absolute Gasteiger partial charge is 0.255 e. The van der Waals surface area contributed by atoms with E-state index in [4.69, 9.17) is 14.5 Å². The molecule has 2 aliphatic rings. The van der Waals surface area contributed by atoms with Crippen molar-refractivity contribution in [1.29, 1.82) is 0 Å². The van der Waals surface area contributed by atoms with Gasteiger partial charge in [0.25, 0.3) is 11.8 Å². The van der Waals surface area contributed by atoms with Gasteiger partial charge in [0.05, 0.1) is 42.9 Å². The maximum Gasteiger partial charge on any atom is 0.255 e. The topological polar surface area (TPSA) is 164 Å². The number of ether oxygens (including phenoxy) is 2. The summed E-state index contributed by atoms with van der Waals surface area (Å²) < 4.78 is 38.6. The molecule has 0 radical (unpaired) electrons. The zero-order valence-electron chi connectivity index (χ0n) is 37.0. The number of likely N-dealkylation sites (tertiary alicyclic amines) is 1. The number of allylic oxidation sites excluding steroid dienone is 2. The van der Waals surface area contributed by atoms with Gasteiger partial charge >= 0.3 is 0 Å². The number of sulfonamides is 1. The molecule has 2 heterocycles. The van der Waals surface area contributed by atoms with Gasteiger partial charge in [0, 0.05) is 41.4 Å². The van der Waals surface area contributed by atoms with Crippen LogP contribution in [0, 0.1) is 18.8 Å². The van der Waals surface area contributed by atoms with Crippen molar-refractivity contribution < 1.29 is 27.5 Å². The number of carbonyl (C=O) groups excluding carboxylic acids is 2. The van der Waals surface area contributed by atoms with Crippen molar-refractivity contribution in [2.75, 3.05) is 62.5 Å². The molecule has 6 rings (SSSR count). The Morgan fingerprint density at radius 1 is 0.984 bits per heavy atom. The van der Waals surface area contributed by atoms with Gasteiger partial charge in [-0.3, -0.25) is 14.3 Å². The quantitative estimate of drug-likeness (QED) is 0.0861. The predicted octanol–water partition coefficient (Wildman–Crippen LogP) is 8.40. The van der Waals surface area contributed by atoms with Gasteiger partial charge in [-0.1, -0.05) is 46.2 Å². The third kappa shape index (κ3) is 11.1. The molecule has 4 N–H and O–H groups in total. The summed E-state index contributed by atoms with van der Waals surface area (Å²) in [5.74, 6) is 1.38. The maximum absolute atomic E-state index is 13.9. The monoisotopic (exact) mass is 851 g/mol. The first-order valence-corrected chi connectivity index (χ1v) is 23.0. The molecule has 1 aliphatic carbocycles. The molecule has 326 valence electrons. The highest BCUT2D eigenvalue weighted by Crippen LogP contribution is 2.41. The number of hydrogen-bond acceptors (Lipinski definition) is 10. The number of aromatic nitrogens is 2. The van der Waals surface area contributed by atoms with Crippen LogP contribution >= 0.6 is 0 Å². The molecular weight excluding hydrogens is 791 g/mol. The Kier molecular flexibility index (Phi) is 14.1. The Balaban J connectivity index is 1.19. The van der Waals surface area contributed by atoms with Gasteiger partial charge in [-0.05, 0) is 129 Å². The van der Waals surface area contributed by atoms with Crippen LogP contribution in [0.5, 0.6) is 5.75 Å². The lowest BCUT2D eigenvalue weighted by Gasteiger charge is -2.29. The van der Waals surface area contributed by atoms with Gasteiger partial charge in [0.1, 0.15) is 5.76 Å². The molecule has 13 nitrogen and oxygen atoms in total. The lowest BCUT2D eigenvalue weighted by Crippen LogP contribution is -2.34. The first-order valence-electron chi connectivity index (χ1n) is 21.1. The van der Waals surface area contributed by atoms with Gasteiger partial charge < -0.3 is 30.3 Å². The number of nitrogens with one attached hydrogen (secondary N) is 4. The molecule has 1 fully saturated rings. The predicted molar refractivity (Wildman–Crippen MR) is 244 cm³/mol. The minimum atomic E-state index is -3.64. The largest absolute Gasteiger partial charge is 0.496 e. The van der Waals surface area contributed by atoms with Gasteiger partial charge in [0.15, 0.2) is 5.75 Å². The Hall–Kier alpha value is -5.47. The van der Waals surface area contributed by atoms with E-state index in [1.807, 2.05) is 49.4 Å². The van der Waals surface area contributed by atoms with E-state index in [1.165, 1.54) is 20.0 Å². The lowest BCUT2D eigenvalue weighted by atomic mass is 9.80. The van der Waals surface area contributed by atoms with Gasteiger partial charge in [0.2, 0.25) is 16.0 Å². The van der Waals surface area contributed by atoms with Crippen LogP contribution in [-0.4, -0.2) is 82.3 Å². The summed E-state index contributed by atoms with van der Waals surface area (Å²) in [6, 6.07) is 15.0. The molecule has 4 aromatic rings. The molecule has 0 spiro atoms. The van der Waals surface area contributed by atoms with Crippen LogP contribution in [0.1, 0.15) is 87.7 Å². The molecule has 61 heavy (non-hydrogen) atoms. The van der Waals surface area contributed by atoms with Crippen LogP contribution in [0.25, 0.3) is 22.0 Å². The third-order valence-electron chi connectivity index (χ3n) is 11.9. The average Bonchev–Trinajstić information content (AvgIpc) is 3.21. The van der Waals surface area contributed by atoms with Crippen LogP contribution in [0.2, 0.25) is 0 Å². The number of rotatable bonds is 16. The fourth-order valence-electron chi connectivity index (χ4n) is 8.32. The average molecular weight is 852 g/mol. The zero-order valence-corrected chi connectivity index (χ0v) is 37.8. The number of piperidine rings is 1. The first-order chi connectivity index (χ1) is 29.0. The second-order valence-corrected chi connectivity index (χ2v) is 19.0. The Morgan fingerprint density at radius 2 is 1.72 bits per heavy atom. The number of hydrogen-bond donors (Lipinski definition) is 4. The minimum Gasteiger partial charge on any atom is -0.496 e. The molecule has 3 aromatic carbocycles. The number of nitrogens with zero attached hydrogens (tertiary/aromatic N) is 3. The SMILES string of the molecule is CCCC(C)(C)c1cc(NC(=O)c2ccc(C)c(-c3ccc4nc(NC5=CC(OC)=C(C(=O)NCCC6CCN(C)CC6)CC5C)ncc4c3)c2)c(OC)c(NS(C)(=O)=O)c1. The molecule has 0 bridgehead atoms. The fourth-order valence-corrected chi connectivity index (χ4v) is 8.87. The lowest BCUT2D eigenvalue weighted by molar-refractivity contribution is -0.118. The number of amides is 2. The van der Waals surface area contributed by atoms with Gasteiger partial charge in [-0.15, -0.1) is 0 Å². The Bertz CT molecular complexity index is 2450. The third-order valence-corrected chi connectivity index (χ3v) is 12.5. The van der Waals surface area contributed by atoms with Crippen LogP contribution in [-0.2, 0) is 25.0 Å². The summed E-state index contributed by atoms with van der Waals surface area (Å²) in [6.07, 6.45) is 10.3. The maximum atomic E-state index is 13.9. The molecule has 0 saturated carbocycles. The van der Waals surface area contributed by atoms with Crippen molar-refractivity contribution >= 4 is 50.1 Å². The molecule has 1 aliphatic heterocycles. The minimum absolute atomic E-state index is 0.00629. The summed E-state index contributed by atoms with van der Waals surface area (Å²) in [5.41, 5.74) is 6.57. The van der Waals surface area contributed by atoms with Crippen LogP contribution < -0.4 is 25.4 Å². The number of benzene rings is 3. The van der Waals surface area contributed by atoms with Crippen molar-refractivity contribution in [3.05, 3.63) is 94.5 Å². The summed E-state index contributed by atoms with van der Waals surface area (Å²) in [6.45, 7) is 13.2. The van der Waals surface area contributed by atoms with Gasteiger partial charge in [-0.2, -0.15) is 0 Å². The zero-order chi connectivity index (χ0) is 44.1. The van der Waals surface area contributed by atoms with E-state index in [0.29, 0.717) is 47.4 Å². The van der Waals surface area contributed by atoms with E-state index >= 15 is 0 Å². The molecule has 1 saturated heterocycles. The standard InChI is InChI=1S/C47H61N7O6S/c1-10-18-47(4,5)35-25-40(43(60-8)41(26-35)53-61(9,57)58)50-44(55)33-12-11-29(2)36(24-33)32-13-14-38-34(23-32)28-49-46(51-38)52-39-27-42(59-7)37(22-30(39)3)45(56)48-19-15-31-16-20-54(6)21-17-31/h11-14,23-28,30-31,53H,10,15-22H2,1-9H3,(H,48,56)(H,50,55)(H,49,51,52). The first kappa shape index (κ1) is 45.1. The van der Waals surface area contributed by atoms with Gasteiger partial charge in [-0.25, -0.2) is 18.4 Å². The van der Waals surface area contributed by atoms with E-state index < -0.39 is 10.0 Å². The Labute approximate surface area is 360 Å². The molecule has 2 amide bonds. The van der Waals surface area contributed by atoms with Crippen LogP contribution in [0.4, 0.5) is 17.3 Å². The second-order valence-electron chi connectivity index (χ2n) is 17.2.